The van der Waals surface area contributed by atoms with Crippen molar-refractivity contribution in [1.82, 2.24) is 0 Å². The first kappa shape index (κ1) is 25.5. The summed E-state index contributed by atoms with van der Waals surface area (Å²) in [5.41, 5.74) is 3.04. The maximum absolute atomic E-state index is 9.75. The lowest BCUT2D eigenvalue weighted by molar-refractivity contribution is -0.703. The van der Waals surface area contributed by atoms with Gasteiger partial charge in [0.05, 0.1) is 5.39 Å². The molecule has 184 valence electrons. The Hall–Kier alpha value is -2.60. The predicted molar refractivity (Wildman–Crippen MR) is 141 cm³/mol. The number of nitrogens with zero attached hydrogens (tertiary/aromatic N) is 1. The average Bonchev–Trinajstić information content (AvgIpc) is 2.82. The van der Waals surface area contributed by atoms with Crippen molar-refractivity contribution in [2.24, 2.45) is 0 Å². The van der Waals surface area contributed by atoms with Crippen molar-refractivity contribution < 1.29 is 21.8 Å². The molecule has 0 fully saturated rings. The van der Waals surface area contributed by atoms with Gasteiger partial charge in [-0.2, -0.15) is 0 Å². The molecule has 7 heteroatoms. The Balaban J connectivity index is 0.000000527. The van der Waals surface area contributed by atoms with Crippen molar-refractivity contribution in [3.63, 3.8) is 0 Å². The van der Waals surface area contributed by atoms with E-state index in [0.29, 0.717) is 5.88 Å². The van der Waals surface area contributed by atoms with Crippen LogP contribution in [0.15, 0.2) is 54.7 Å². The summed E-state index contributed by atoms with van der Waals surface area (Å²) in [6, 6.07) is 18.3. The van der Waals surface area contributed by atoms with Gasteiger partial charge in [0.1, 0.15) is 6.54 Å². The van der Waals surface area contributed by atoms with Gasteiger partial charge in [0.25, 0.3) is 0 Å². The summed E-state index contributed by atoms with van der Waals surface area (Å²) in [6.45, 7) is 5.57. The molecule has 0 aliphatic rings. The lowest BCUT2D eigenvalue weighted by Crippen LogP contribution is -2.40. The monoisotopic (exact) mass is 501 g/mol. The van der Waals surface area contributed by atoms with Crippen LogP contribution < -0.4 is 4.57 Å². The molecular formula is C28H29BClF4N. The quantitative estimate of drug-likeness (QED) is 0.0523. The molecule has 0 atom stereocenters. The van der Waals surface area contributed by atoms with Gasteiger partial charge in [0.15, 0.2) is 11.9 Å². The number of aryl methyl sites for hydroxylation is 2. The van der Waals surface area contributed by atoms with Crippen LogP contribution in [0.3, 0.4) is 0 Å². The van der Waals surface area contributed by atoms with Crippen LogP contribution in [-0.2, 0) is 19.4 Å². The standard InChI is InChI=1S/C28H29ClN.BF4/c1-3-7-22-24-17-21-12-11-19-9-5-10-20-13-14-23(28(21)27(19)20)25(24)18-30(16-6-15-29)26(22)8-4-2;2-1(3,4)5/h5,9-14,17-18H,3-4,6-8,15-16H2,1-2H3;/q+1;-1. The van der Waals surface area contributed by atoms with E-state index in [4.69, 9.17) is 11.6 Å². The van der Waals surface area contributed by atoms with Gasteiger partial charge in [0, 0.05) is 24.3 Å². The van der Waals surface area contributed by atoms with Gasteiger partial charge in [-0.25, -0.2) is 4.57 Å². The fourth-order valence-electron chi connectivity index (χ4n) is 5.27. The van der Waals surface area contributed by atoms with Crippen LogP contribution in [0.2, 0.25) is 0 Å². The van der Waals surface area contributed by atoms with E-state index in [1.54, 1.807) is 0 Å². The second-order valence-corrected chi connectivity index (χ2v) is 9.36. The Kier molecular flexibility index (Phi) is 7.70. The summed E-state index contributed by atoms with van der Waals surface area (Å²) in [7, 11) is -6.00. The van der Waals surface area contributed by atoms with Crippen molar-refractivity contribution in [1.29, 1.82) is 0 Å². The molecule has 0 spiro atoms. The van der Waals surface area contributed by atoms with Gasteiger partial charge >= 0.3 is 7.25 Å². The average molecular weight is 502 g/mol. The summed E-state index contributed by atoms with van der Waals surface area (Å²) < 4.78 is 41.5. The van der Waals surface area contributed by atoms with Gasteiger partial charge in [-0.15, -0.1) is 11.6 Å². The third-order valence-corrected chi connectivity index (χ3v) is 6.78. The number of alkyl halides is 1. The number of halogens is 5. The smallest absolute Gasteiger partial charge is 0.418 e. The molecule has 0 amide bonds. The molecule has 0 saturated carbocycles. The highest BCUT2D eigenvalue weighted by molar-refractivity contribution is 6.50. The SMILES string of the molecule is CCCc1c(CCC)[n+](CCCCl)cc2c1cc1ccc3cccc4ccc2c1c34.F[B-](F)(F)F. The van der Waals surface area contributed by atoms with Crippen molar-refractivity contribution in [2.45, 2.75) is 52.5 Å². The van der Waals surface area contributed by atoms with E-state index in [1.807, 2.05) is 0 Å². The maximum Gasteiger partial charge on any atom is 0.673 e. The van der Waals surface area contributed by atoms with Gasteiger partial charge in [-0.3, -0.25) is 0 Å². The Morgan fingerprint density at radius 1 is 0.771 bits per heavy atom. The Morgan fingerprint density at radius 2 is 1.40 bits per heavy atom. The highest BCUT2D eigenvalue weighted by Crippen LogP contribution is 2.39. The number of rotatable bonds is 7. The van der Waals surface area contributed by atoms with E-state index < -0.39 is 7.25 Å². The molecule has 1 aromatic heterocycles. The minimum atomic E-state index is -6.00. The van der Waals surface area contributed by atoms with Crippen LogP contribution in [0, 0.1) is 0 Å². The molecule has 0 aliphatic carbocycles. The molecule has 0 N–H and O–H groups in total. The number of pyridine rings is 1. The Labute approximate surface area is 208 Å². The topological polar surface area (TPSA) is 3.88 Å². The van der Waals surface area contributed by atoms with Gasteiger partial charge < -0.3 is 17.3 Å². The van der Waals surface area contributed by atoms with Crippen molar-refractivity contribution in [2.75, 3.05) is 5.88 Å². The number of benzene rings is 4. The van der Waals surface area contributed by atoms with Crippen LogP contribution in [0.1, 0.15) is 44.4 Å². The van der Waals surface area contributed by atoms with E-state index in [-0.39, 0.29) is 0 Å². The Bertz CT molecular complexity index is 1440. The number of fused-ring (bicyclic) bond motifs is 2. The lowest BCUT2D eigenvalue weighted by atomic mass is 9.89. The summed E-state index contributed by atoms with van der Waals surface area (Å²) >= 11 is 6.09. The summed E-state index contributed by atoms with van der Waals surface area (Å²) in [5.74, 6) is 0.707. The number of hydrogen-bond acceptors (Lipinski definition) is 0. The molecule has 5 aromatic rings. The largest absolute Gasteiger partial charge is 0.673 e. The number of hydrogen-bond donors (Lipinski definition) is 0. The van der Waals surface area contributed by atoms with Gasteiger partial charge in [-0.05, 0) is 56.6 Å². The highest BCUT2D eigenvalue weighted by Gasteiger charge is 2.22. The van der Waals surface area contributed by atoms with E-state index in [2.05, 4.69) is 73.1 Å². The van der Waals surface area contributed by atoms with Gasteiger partial charge in [-0.1, -0.05) is 62.7 Å². The zero-order chi connectivity index (χ0) is 25.2. The summed E-state index contributed by atoms with van der Waals surface area (Å²) in [4.78, 5) is 0. The third-order valence-electron chi connectivity index (χ3n) is 6.51. The molecule has 0 saturated heterocycles. The first-order valence-corrected chi connectivity index (χ1v) is 12.8. The molecule has 1 heterocycles. The molecule has 5 rings (SSSR count). The van der Waals surface area contributed by atoms with Crippen LogP contribution in [0.5, 0.6) is 0 Å². The number of aromatic nitrogens is 1. The van der Waals surface area contributed by atoms with E-state index in [9.17, 15) is 17.3 Å². The molecule has 0 unspecified atom stereocenters. The predicted octanol–water partition coefficient (Wildman–Crippen LogP) is 8.86. The second kappa shape index (κ2) is 10.6. The molecule has 0 bridgehead atoms. The van der Waals surface area contributed by atoms with E-state index >= 15 is 0 Å². The molecule has 4 aromatic carbocycles. The Morgan fingerprint density at radius 3 is 2.03 bits per heavy atom. The third kappa shape index (κ3) is 5.33. The van der Waals surface area contributed by atoms with Crippen LogP contribution >= 0.6 is 11.6 Å². The van der Waals surface area contributed by atoms with E-state index in [0.717, 1.165) is 38.6 Å². The molecule has 1 nitrogen and oxygen atoms in total. The zero-order valence-electron chi connectivity index (χ0n) is 20.1. The minimum absolute atomic E-state index is 0.707. The fourth-order valence-corrected chi connectivity index (χ4v) is 5.39. The van der Waals surface area contributed by atoms with Crippen molar-refractivity contribution in [3.8, 4) is 0 Å². The van der Waals surface area contributed by atoms with Crippen molar-refractivity contribution >= 4 is 61.9 Å². The van der Waals surface area contributed by atoms with Gasteiger partial charge in [0.2, 0.25) is 0 Å². The first-order valence-electron chi connectivity index (χ1n) is 12.2. The van der Waals surface area contributed by atoms with Crippen LogP contribution in [0.4, 0.5) is 17.3 Å². The zero-order valence-corrected chi connectivity index (χ0v) is 20.8. The molecule has 0 radical (unpaired) electrons. The summed E-state index contributed by atoms with van der Waals surface area (Å²) in [5, 5.41) is 11.0. The van der Waals surface area contributed by atoms with Crippen LogP contribution in [0.25, 0.3) is 43.1 Å². The highest BCUT2D eigenvalue weighted by atomic mass is 35.5. The van der Waals surface area contributed by atoms with E-state index in [1.165, 1.54) is 54.3 Å². The minimum Gasteiger partial charge on any atom is -0.418 e. The van der Waals surface area contributed by atoms with Crippen LogP contribution in [-0.4, -0.2) is 13.1 Å². The molecular weight excluding hydrogens is 473 g/mol. The normalized spacial score (nSPS) is 12.1. The molecule has 35 heavy (non-hydrogen) atoms. The fraction of sp³-hybridized carbons (Fsp3) is 0.321. The maximum atomic E-state index is 9.75. The first-order chi connectivity index (χ1) is 16.8. The lowest BCUT2D eigenvalue weighted by Gasteiger charge is -2.17. The van der Waals surface area contributed by atoms with Crippen molar-refractivity contribution in [3.05, 3.63) is 66.0 Å². The molecule has 0 aliphatic heterocycles. The second-order valence-electron chi connectivity index (χ2n) is 8.98. The summed E-state index contributed by atoms with van der Waals surface area (Å²) in [6.07, 6.45) is 8.00.